The largest absolute Gasteiger partial charge is 0.449 e. The van der Waals surface area contributed by atoms with Crippen LogP contribution >= 0.6 is 11.6 Å². The van der Waals surface area contributed by atoms with Gasteiger partial charge >= 0.3 is 12.6 Å². The van der Waals surface area contributed by atoms with Crippen LogP contribution in [0.25, 0.3) is 6.08 Å². The molecular weight excluding hydrogens is 392 g/mol. The molecule has 1 N–H and O–H groups in total. The molecule has 0 unspecified atom stereocenters. The second kappa shape index (κ2) is 10.4. The molecule has 0 aromatic heterocycles. The molecule has 0 aliphatic rings. The Bertz CT molecular complexity index is 840. The van der Waals surface area contributed by atoms with Gasteiger partial charge in [-0.25, -0.2) is 4.79 Å². The third-order valence-electron chi connectivity index (χ3n) is 3.59. The summed E-state index contributed by atoms with van der Waals surface area (Å²) in [5.74, 6) is -1.16. The van der Waals surface area contributed by atoms with Crippen LogP contribution in [0, 0.1) is 0 Å². The molecule has 0 heterocycles. The number of alkyl halides is 2. The number of carbonyl (C=O) groups excluding carboxylic acids is 2. The number of ether oxygens (including phenoxy) is 2. The number of halogens is 3. The first-order valence-corrected chi connectivity index (χ1v) is 8.67. The highest BCUT2D eigenvalue weighted by molar-refractivity contribution is 6.31. The summed E-state index contributed by atoms with van der Waals surface area (Å²) in [6, 6.07) is 12.8. The molecule has 148 valence electrons. The Morgan fingerprint density at radius 3 is 2.46 bits per heavy atom. The number of hydrogen-bond donors (Lipinski definition) is 1. The predicted octanol–water partition coefficient (Wildman–Crippen LogP) is 4.20. The molecular formula is C20H18ClF2NO4. The van der Waals surface area contributed by atoms with E-state index in [9.17, 15) is 18.4 Å². The second-order valence-corrected chi connectivity index (χ2v) is 6.08. The fourth-order valence-corrected chi connectivity index (χ4v) is 2.36. The van der Waals surface area contributed by atoms with Gasteiger partial charge in [0, 0.05) is 17.6 Å². The van der Waals surface area contributed by atoms with E-state index >= 15 is 0 Å². The van der Waals surface area contributed by atoms with E-state index in [1.54, 1.807) is 24.3 Å². The lowest BCUT2D eigenvalue weighted by Crippen LogP contribution is -2.35. The zero-order valence-electron chi connectivity index (χ0n) is 14.9. The quantitative estimate of drug-likeness (QED) is 0.524. The van der Waals surface area contributed by atoms with E-state index in [0.717, 1.165) is 11.6 Å². The predicted molar refractivity (Wildman–Crippen MR) is 101 cm³/mol. The lowest BCUT2D eigenvalue weighted by molar-refractivity contribution is -0.150. The summed E-state index contributed by atoms with van der Waals surface area (Å²) in [5, 5.41) is 3.17. The van der Waals surface area contributed by atoms with Gasteiger partial charge in [0.05, 0.1) is 0 Å². The van der Waals surface area contributed by atoms with Crippen LogP contribution in [0.1, 0.15) is 18.1 Å². The maximum Gasteiger partial charge on any atom is 0.387 e. The van der Waals surface area contributed by atoms with Crippen molar-refractivity contribution in [2.24, 2.45) is 0 Å². The van der Waals surface area contributed by atoms with Gasteiger partial charge in [-0.05, 0) is 42.3 Å². The molecule has 0 radical (unpaired) electrons. The fraction of sp³-hybridized carbons (Fsp3) is 0.200. The third-order valence-corrected chi connectivity index (χ3v) is 3.96. The molecule has 0 fully saturated rings. The number of rotatable bonds is 8. The van der Waals surface area contributed by atoms with Gasteiger partial charge < -0.3 is 14.8 Å². The maximum absolute atomic E-state index is 12.1. The maximum atomic E-state index is 12.1. The second-order valence-electron chi connectivity index (χ2n) is 5.67. The summed E-state index contributed by atoms with van der Waals surface area (Å²) in [6.45, 7) is -1.24. The first-order chi connectivity index (χ1) is 13.3. The minimum Gasteiger partial charge on any atom is -0.449 e. The summed E-state index contributed by atoms with van der Waals surface area (Å²) >= 11 is 6.01. The fourth-order valence-electron chi connectivity index (χ4n) is 2.16. The molecule has 28 heavy (non-hydrogen) atoms. The average molecular weight is 410 g/mol. The van der Waals surface area contributed by atoms with Gasteiger partial charge in [-0.1, -0.05) is 41.9 Å². The molecule has 0 bridgehead atoms. The van der Waals surface area contributed by atoms with Crippen LogP contribution in [-0.2, 0) is 20.9 Å². The summed E-state index contributed by atoms with van der Waals surface area (Å²) in [7, 11) is 0. The molecule has 5 nitrogen and oxygen atoms in total. The molecule has 2 aromatic rings. The van der Waals surface area contributed by atoms with E-state index in [0.29, 0.717) is 10.6 Å². The van der Waals surface area contributed by atoms with E-state index in [4.69, 9.17) is 16.3 Å². The van der Waals surface area contributed by atoms with Gasteiger partial charge in [-0.2, -0.15) is 8.78 Å². The highest BCUT2D eigenvalue weighted by atomic mass is 35.5. The van der Waals surface area contributed by atoms with Crippen LogP contribution in [0.2, 0.25) is 5.02 Å². The SMILES string of the molecule is C[C@@H](OC(=O)/C=C/c1ccc(OC(F)F)cc1)C(=O)NCc1ccccc1Cl. The molecule has 0 saturated carbocycles. The standard InChI is InChI=1S/C20H18ClF2NO4/c1-13(19(26)24-12-15-4-2-3-5-17(15)21)27-18(25)11-8-14-6-9-16(10-7-14)28-20(22)23/h2-11,13,20H,12H2,1H3,(H,24,26)/b11-8+/t13-/m1/s1. The number of hydrogen-bond acceptors (Lipinski definition) is 4. The number of nitrogens with one attached hydrogen (secondary N) is 1. The molecule has 1 amide bonds. The minimum absolute atomic E-state index is 0.0125. The molecule has 0 spiro atoms. The Morgan fingerprint density at radius 2 is 1.82 bits per heavy atom. The summed E-state index contributed by atoms with van der Waals surface area (Å²) in [6.07, 6.45) is 1.57. The van der Waals surface area contributed by atoms with Crippen molar-refractivity contribution >= 4 is 29.6 Å². The van der Waals surface area contributed by atoms with Crippen molar-refractivity contribution in [1.29, 1.82) is 0 Å². The van der Waals surface area contributed by atoms with Crippen molar-refractivity contribution in [3.05, 3.63) is 70.8 Å². The first kappa shape index (κ1) is 21.4. The smallest absolute Gasteiger partial charge is 0.387 e. The summed E-state index contributed by atoms with van der Waals surface area (Å²) < 4.78 is 33.5. The zero-order chi connectivity index (χ0) is 20.5. The number of amides is 1. The van der Waals surface area contributed by atoms with Crippen molar-refractivity contribution < 1.29 is 27.8 Å². The van der Waals surface area contributed by atoms with Crippen molar-refractivity contribution in [3.8, 4) is 5.75 Å². The Hall–Kier alpha value is -2.93. The average Bonchev–Trinajstić information content (AvgIpc) is 2.66. The molecule has 0 saturated heterocycles. The first-order valence-electron chi connectivity index (χ1n) is 8.30. The van der Waals surface area contributed by atoms with E-state index in [1.807, 2.05) is 0 Å². The normalized spacial score (nSPS) is 12.0. The Kier molecular flexibility index (Phi) is 7.95. The molecule has 0 aliphatic carbocycles. The molecule has 2 rings (SSSR count). The van der Waals surface area contributed by atoms with Gasteiger partial charge in [0.2, 0.25) is 0 Å². The number of benzene rings is 2. The van der Waals surface area contributed by atoms with E-state index in [2.05, 4.69) is 10.1 Å². The molecule has 1 atom stereocenters. The molecule has 0 aliphatic heterocycles. The lowest BCUT2D eigenvalue weighted by Gasteiger charge is -2.13. The van der Waals surface area contributed by atoms with E-state index in [-0.39, 0.29) is 12.3 Å². The monoisotopic (exact) mass is 409 g/mol. The van der Waals surface area contributed by atoms with Crippen LogP contribution < -0.4 is 10.1 Å². The van der Waals surface area contributed by atoms with Crippen molar-refractivity contribution in [2.75, 3.05) is 0 Å². The van der Waals surface area contributed by atoms with Crippen LogP contribution in [0.4, 0.5) is 8.78 Å². The van der Waals surface area contributed by atoms with Gasteiger partial charge in [0.25, 0.3) is 5.91 Å². The van der Waals surface area contributed by atoms with E-state index in [1.165, 1.54) is 37.3 Å². The van der Waals surface area contributed by atoms with Crippen molar-refractivity contribution in [1.82, 2.24) is 5.32 Å². The summed E-state index contributed by atoms with van der Waals surface area (Å²) in [4.78, 5) is 23.9. The number of carbonyl (C=O) groups is 2. The minimum atomic E-state index is -2.90. The van der Waals surface area contributed by atoms with Crippen LogP contribution in [0.5, 0.6) is 5.75 Å². The van der Waals surface area contributed by atoms with Crippen molar-refractivity contribution in [2.45, 2.75) is 26.2 Å². The van der Waals surface area contributed by atoms with Crippen LogP contribution in [0.3, 0.4) is 0 Å². The molecule has 2 aromatic carbocycles. The van der Waals surface area contributed by atoms with Gasteiger partial charge in [-0.15, -0.1) is 0 Å². The Morgan fingerprint density at radius 1 is 1.14 bits per heavy atom. The third kappa shape index (κ3) is 7.00. The van der Waals surface area contributed by atoms with Crippen LogP contribution in [0.15, 0.2) is 54.6 Å². The van der Waals surface area contributed by atoms with Gasteiger partial charge in [0.1, 0.15) is 5.75 Å². The van der Waals surface area contributed by atoms with E-state index < -0.39 is 24.6 Å². The Labute approximate surface area is 165 Å². The summed E-state index contributed by atoms with van der Waals surface area (Å²) in [5.41, 5.74) is 1.32. The Balaban J connectivity index is 1.81. The van der Waals surface area contributed by atoms with Gasteiger partial charge in [0.15, 0.2) is 6.10 Å². The topological polar surface area (TPSA) is 64.6 Å². The molecule has 8 heteroatoms. The number of esters is 1. The van der Waals surface area contributed by atoms with Crippen LogP contribution in [-0.4, -0.2) is 24.6 Å². The highest BCUT2D eigenvalue weighted by Crippen LogP contribution is 2.16. The highest BCUT2D eigenvalue weighted by Gasteiger charge is 2.16. The lowest BCUT2D eigenvalue weighted by atomic mass is 10.2. The van der Waals surface area contributed by atoms with Crippen molar-refractivity contribution in [3.63, 3.8) is 0 Å². The van der Waals surface area contributed by atoms with Gasteiger partial charge in [-0.3, -0.25) is 4.79 Å². The zero-order valence-corrected chi connectivity index (χ0v) is 15.7.